The highest BCUT2D eigenvalue weighted by atomic mass is 35.5. The van der Waals surface area contributed by atoms with E-state index in [0.29, 0.717) is 24.9 Å². The Kier molecular flexibility index (Phi) is 6.23. The van der Waals surface area contributed by atoms with Crippen LogP contribution in [0.5, 0.6) is 5.75 Å². The van der Waals surface area contributed by atoms with Gasteiger partial charge < -0.3 is 15.0 Å². The highest BCUT2D eigenvalue weighted by Gasteiger charge is 2.25. The van der Waals surface area contributed by atoms with Crippen molar-refractivity contribution in [2.75, 3.05) is 27.2 Å². The SMILES string of the molecule is CNC1CCCN(C(=O)c2ccc(OC)cc2F)C1.Cl. The second kappa shape index (κ2) is 7.45. The summed E-state index contributed by atoms with van der Waals surface area (Å²) in [5, 5.41) is 3.17. The molecule has 1 aliphatic rings. The van der Waals surface area contributed by atoms with Crippen LogP contribution in [0.1, 0.15) is 23.2 Å². The molecule has 6 heteroatoms. The summed E-state index contributed by atoms with van der Waals surface area (Å²) in [6.45, 7) is 1.31. The zero-order valence-corrected chi connectivity index (χ0v) is 12.5. The Morgan fingerprint density at radius 1 is 1.50 bits per heavy atom. The van der Waals surface area contributed by atoms with Crippen molar-refractivity contribution in [2.45, 2.75) is 18.9 Å². The van der Waals surface area contributed by atoms with Crippen molar-refractivity contribution in [1.82, 2.24) is 10.2 Å². The first-order valence-corrected chi connectivity index (χ1v) is 6.45. The van der Waals surface area contributed by atoms with E-state index in [1.165, 1.54) is 19.2 Å². The summed E-state index contributed by atoms with van der Waals surface area (Å²) >= 11 is 0. The number of rotatable bonds is 3. The molecule has 1 amide bonds. The largest absolute Gasteiger partial charge is 0.497 e. The quantitative estimate of drug-likeness (QED) is 0.929. The maximum absolute atomic E-state index is 13.9. The van der Waals surface area contributed by atoms with Crippen LogP contribution in [0.25, 0.3) is 0 Å². The molecule has 0 radical (unpaired) electrons. The van der Waals surface area contributed by atoms with Crippen molar-refractivity contribution in [1.29, 1.82) is 0 Å². The van der Waals surface area contributed by atoms with Crippen LogP contribution in [0.3, 0.4) is 0 Å². The van der Waals surface area contributed by atoms with Gasteiger partial charge in [0.15, 0.2) is 0 Å². The summed E-state index contributed by atoms with van der Waals surface area (Å²) in [5.74, 6) is -0.364. The normalized spacial score (nSPS) is 18.4. The van der Waals surface area contributed by atoms with Gasteiger partial charge in [0.2, 0.25) is 0 Å². The van der Waals surface area contributed by atoms with Crippen LogP contribution in [0.15, 0.2) is 18.2 Å². The number of halogens is 2. The summed E-state index contributed by atoms with van der Waals surface area (Å²) in [5.41, 5.74) is 0.109. The van der Waals surface area contributed by atoms with E-state index in [9.17, 15) is 9.18 Å². The molecule has 0 bridgehead atoms. The van der Waals surface area contributed by atoms with Gasteiger partial charge in [0.25, 0.3) is 5.91 Å². The molecule has 1 aromatic carbocycles. The van der Waals surface area contributed by atoms with Crippen LogP contribution >= 0.6 is 12.4 Å². The van der Waals surface area contributed by atoms with E-state index >= 15 is 0 Å². The number of carbonyl (C=O) groups is 1. The number of piperidine rings is 1. The minimum absolute atomic E-state index is 0. The lowest BCUT2D eigenvalue weighted by atomic mass is 10.0. The van der Waals surface area contributed by atoms with Gasteiger partial charge >= 0.3 is 0 Å². The molecule has 1 aliphatic heterocycles. The summed E-state index contributed by atoms with van der Waals surface area (Å²) in [6.07, 6.45) is 1.99. The van der Waals surface area contributed by atoms with Crippen molar-refractivity contribution in [3.05, 3.63) is 29.6 Å². The molecule has 1 atom stereocenters. The lowest BCUT2D eigenvalue weighted by Gasteiger charge is -2.32. The zero-order valence-electron chi connectivity index (χ0n) is 11.7. The first kappa shape index (κ1) is 16.7. The van der Waals surface area contributed by atoms with Gasteiger partial charge in [-0.25, -0.2) is 4.39 Å². The molecule has 1 heterocycles. The van der Waals surface area contributed by atoms with Gasteiger partial charge in [0.05, 0.1) is 12.7 Å². The number of nitrogens with one attached hydrogen (secondary N) is 1. The molecule has 4 nitrogen and oxygen atoms in total. The number of amides is 1. The first-order valence-electron chi connectivity index (χ1n) is 6.45. The number of nitrogens with zero attached hydrogens (tertiary/aromatic N) is 1. The van der Waals surface area contributed by atoms with E-state index in [1.807, 2.05) is 7.05 Å². The summed E-state index contributed by atoms with van der Waals surface area (Å²) in [4.78, 5) is 14.0. The third kappa shape index (κ3) is 3.61. The summed E-state index contributed by atoms with van der Waals surface area (Å²) < 4.78 is 18.8. The van der Waals surface area contributed by atoms with Crippen LogP contribution in [-0.4, -0.2) is 44.1 Å². The maximum atomic E-state index is 13.9. The Bertz CT molecular complexity index is 470. The smallest absolute Gasteiger partial charge is 0.256 e. The number of likely N-dealkylation sites (tertiary alicyclic amines) is 1. The lowest BCUT2D eigenvalue weighted by Crippen LogP contribution is -2.47. The molecule has 2 rings (SSSR count). The fraction of sp³-hybridized carbons (Fsp3) is 0.500. The number of methoxy groups -OCH3 is 1. The maximum Gasteiger partial charge on any atom is 0.256 e. The van der Waals surface area contributed by atoms with E-state index < -0.39 is 5.82 Å². The van der Waals surface area contributed by atoms with Gasteiger partial charge in [0, 0.05) is 25.2 Å². The van der Waals surface area contributed by atoms with E-state index in [0.717, 1.165) is 12.8 Å². The molecular weight excluding hydrogens is 283 g/mol. The molecule has 0 spiro atoms. The predicted molar refractivity (Wildman–Crippen MR) is 78.2 cm³/mol. The Hall–Kier alpha value is -1.33. The Balaban J connectivity index is 0.00000200. The van der Waals surface area contributed by atoms with Gasteiger partial charge in [0.1, 0.15) is 11.6 Å². The molecule has 1 unspecified atom stereocenters. The number of likely N-dealkylation sites (N-methyl/N-ethyl adjacent to an activating group) is 1. The van der Waals surface area contributed by atoms with E-state index in [4.69, 9.17) is 4.74 Å². The second-order valence-electron chi connectivity index (χ2n) is 4.72. The molecule has 112 valence electrons. The molecule has 0 aliphatic carbocycles. The third-order valence-corrected chi connectivity index (χ3v) is 3.52. The van der Waals surface area contributed by atoms with Crippen molar-refractivity contribution in [3.63, 3.8) is 0 Å². The molecular formula is C14H20ClFN2O2. The van der Waals surface area contributed by atoms with Crippen molar-refractivity contribution >= 4 is 18.3 Å². The molecule has 0 aromatic heterocycles. The van der Waals surface area contributed by atoms with E-state index in [1.54, 1.807) is 11.0 Å². The molecule has 1 N–H and O–H groups in total. The fourth-order valence-electron chi connectivity index (χ4n) is 2.36. The number of hydrogen-bond donors (Lipinski definition) is 1. The van der Waals surface area contributed by atoms with Crippen LogP contribution in [0, 0.1) is 5.82 Å². The van der Waals surface area contributed by atoms with Gasteiger partial charge in [-0.1, -0.05) is 0 Å². The Labute approximate surface area is 124 Å². The first-order chi connectivity index (χ1) is 9.15. The second-order valence-corrected chi connectivity index (χ2v) is 4.72. The van der Waals surface area contributed by atoms with Crippen molar-refractivity contribution in [2.24, 2.45) is 0 Å². The molecule has 1 aromatic rings. The fourth-order valence-corrected chi connectivity index (χ4v) is 2.36. The van der Waals surface area contributed by atoms with Crippen molar-refractivity contribution < 1.29 is 13.9 Å². The van der Waals surface area contributed by atoms with Gasteiger partial charge in [-0.3, -0.25) is 4.79 Å². The van der Waals surface area contributed by atoms with Crippen molar-refractivity contribution in [3.8, 4) is 5.75 Å². The minimum Gasteiger partial charge on any atom is -0.497 e. The molecule has 20 heavy (non-hydrogen) atoms. The van der Waals surface area contributed by atoms with Gasteiger partial charge in [-0.05, 0) is 32.0 Å². The van der Waals surface area contributed by atoms with Gasteiger partial charge in [-0.2, -0.15) is 0 Å². The topological polar surface area (TPSA) is 41.6 Å². The van der Waals surface area contributed by atoms with E-state index in [2.05, 4.69) is 5.32 Å². The molecule has 0 saturated carbocycles. The van der Waals surface area contributed by atoms with Crippen LogP contribution < -0.4 is 10.1 Å². The average molecular weight is 303 g/mol. The van der Waals surface area contributed by atoms with Crippen LogP contribution in [0.4, 0.5) is 4.39 Å². The predicted octanol–water partition coefficient (Wildman–Crippen LogP) is 2.08. The van der Waals surface area contributed by atoms with Crippen LogP contribution in [-0.2, 0) is 0 Å². The number of benzene rings is 1. The lowest BCUT2D eigenvalue weighted by molar-refractivity contribution is 0.0693. The minimum atomic E-state index is -0.532. The highest BCUT2D eigenvalue weighted by molar-refractivity contribution is 5.94. The van der Waals surface area contributed by atoms with E-state index in [-0.39, 0.29) is 23.9 Å². The molecule has 1 fully saturated rings. The van der Waals surface area contributed by atoms with Gasteiger partial charge in [-0.15, -0.1) is 12.4 Å². The summed E-state index contributed by atoms with van der Waals surface area (Å²) in [7, 11) is 3.35. The Morgan fingerprint density at radius 2 is 2.25 bits per heavy atom. The molecule has 1 saturated heterocycles. The summed E-state index contributed by atoms with van der Waals surface area (Å²) in [6, 6.07) is 4.63. The monoisotopic (exact) mass is 302 g/mol. The zero-order chi connectivity index (χ0) is 13.8. The third-order valence-electron chi connectivity index (χ3n) is 3.52. The standard InChI is InChI=1S/C14H19FN2O2.ClH/c1-16-10-4-3-7-17(9-10)14(18)12-6-5-11(19-2)8-13(12)15;/h5-6,8,10,16H,3-4,7,9H2,1-2H3;1H. The Morgan fingerprint density at radius 3 is 2.85 bits per heavy atom. The highest BCUT2D eigenvalue weighted by Crippen LogP contribution is 2.19. The number of ether oxygens (including phenoxy) is 1. The number of carbonyl (C=O) groups excluding carboxylic acids is 1. The number of hydrogen-bond acceptors (Lipinski definition) is 3. The van der Waals surface area contributed by atoms with Crippen LogP contribution in [0.2, 0.25) is 0 Å². The average Bonchev–Trinajstić information content (AvgIpc) is 2.46.